The van der Waals surface area contributed by atoms with Gasteiger partial charge in [0.05, 0.1) is 18.7 Å². The first-order valence-corrected chi connectivity index (χ1v) is 12.7. The summed E-state index contributed by atoms with van der Waals surface area (Å²) in [6.45, 7) is 4.21. The smallest absolute Gasteiger partial charge is 0.306 e. The topological polar surface area (TPSA) is 113 Å². The van der Waals surface area contributed by atoms with Crippen LogP contribution in [-0.4, -0.2) is 43.2 Å². The number of hydrogen-bond acceptors (Lipinski definition) is 7. The van der Waals surface area contributed by atoms with Gasteiger partial charge in [0.25, 0.3) is 0 Å². The van der Waals surface area contributed by atoms with Crippen molar-refractivity contribution in [3.8, 4) is 5.00 Å². The Morgan fingerprint density at radius 2 is 1.89 bits per heavy atom. The van der Waals surface area contributed by atoms with Crippen LogP contribution in [0.1, 0.15) is 51.2 Å². The number of anilines is 1. The minimum Gasteiger partial charge on any atom is -0.481 e. The average molecular weight is 520 g/mol. The summed E-state index contributed by atoms with van der Waals surface area (Å²) in [4.78, 5) is 17.4. The van der Waals surface area contributed by atoms with Gasteiger partial charge in [0, 0.05) is 28.2 Å². The van der Waals surface area contributed by atoms with Crippen LogP contribution in [0.25, 0.3) is 5.00 Å². The number of aliphatic carboxylic acids is 1. The standard InChI is InChI=1S/C27H26FN5O3S/c1-15-22(14-34)37-27-24(15)25(30-21(13-23(35)36)26-32-31-16(2)33(26)27)18-7-9-19(10-8-18)29-12-11-17-5-3-4-6-20(17)28/h3-10,21,29,34H,11-14H2,1-2H3,(H,35,36)/t21-/m0/s1. The first-order valence-electron chi connectivity index (χ1n) is 11.9. The highest BCUT2D eigenvalue weighted by Gasteiger charge is 2.32. The molecule has 5 rings (SSSR count). The van der Waals surface area contributed by atoms with E-state index in [9.17, 15) is 19.4 Å². The summed E-state index contributed by atoms with van der Waals surface area (Å²) in [5, 5.41) is 32.2. The number of nitrogens with zero attached hydrogens (tertiary/aromatic N) is 4. The zero-order valence-corrected chi connectivity index (χ0v) is 21.2. The van der Waals surface area contributed by atoms with E-state index in [0.29, 0.717) is 35.9 Å². The third-order valence-electron chi connectivity index (χ3n) is 6.45. The van der Waals surface area contributed by atoms with Gasteiger partial charge in [-0.3, -0.25) is 14.4 Å². The minimum absolute atomic E-state index is 0.114. The maximum atomic E-state index is 13.9. The second-order valence-corrected chi connectivity index (χ2v) is 9.95. The van der Waals surface area contributed by atoms with E-state index in [-0.39, 0.29) is 18.8 Å². The fraction of sp³-hybridized carbons (Fsp3) is 0.259. The van der Waals surface area contributed by atoms with Gasteiger partial charge >= 0.3 is 5.97 Å². The highest BCUT2D eigenvalue weighted by Crippen LogP contribution is 2.40. The number of carbonyl (C=O) groups is 1. The molecule has 1 atom stereocenters. The number of thiophene rings is 1. The molecule has 1 aliphatic rings. The van der Waals surface area contributed by atoms with Gasteiger partial charge in [0.1, 0.15) is 22.7 Å². The quantitative estimate of drug-likeness (QED) is 0.314. The number of hydrogen-bond donors (Lipinski definition) is 3. The van der Waals surface area contributed by atoms with E-state index in [2.05, 4.69) is 15.5 Å². The molecule has 4 aromatic rings. The molecule has 0 saturated heterocycles. The predicted molar refractivity (Wildman–Crippen MR) is 140 cm³/mol. The Labute approximate surface area is 217 Å². The summed E-state index contributed by atoms with van der Waals surface area (Å²) in [6, 6.07) is 13.7. The van der Waals surface area contributed by atoms with E-state index in [1.54, 1.807) is 12.1 Å². The SMILES string of the molecule is Cc1c(CO)sc2c1C(c1ccc(NCCc3ccccc3F)cc1)=N[C@@H](CC(=O)O)c1nnc(C)n1-2. The molecule has 3 N–H and O–H groups in total. The molecule has 37 heavy (non-hydrogen) atoms. The molecule has 10 heteroatoms. The van der Waals surface area contributed by atoms with E-state index in [4.69, 9.17) is 4.99 Å². The average Bonchev–Trinajstić information content (AvgIpc) is 3.38. The van der Waals surface area contributed by atoms with Gasteiger partial charge in [-0.1, -0.05) is 30.3 Å². The van der Waals surface area contributed by atoms with Crippen molar-refractivity contribution in [3.05, 3.63) is 93.1 Å². The summed E-state index contributed by atoms with van der Waals surface area (Å²) in [6.07, 6.45) is 0.330. The van der Waals surface area contributed by atoms with Crippen molar-refractivity contribution in [1.29, 1.82) is 0 Å². The maximum absolute atomic E-state index is 13.9. The molecule has 0 bridgehead atoms. The molecular weight excluding hydrogens is 493 g/mol. The highest BCUT2D eigenvalue weighted by molar-refractivity contribution is 7.15. The van der Waals surface area contributed by atoms with Gasteiger partial charge < -0.3 is 15.5 Å². The lowest BCUT2D eigenvalue weighted by molar-refractivity contribution is -0.137. The summed E-state index contributed by atoms with van der Waals surface area (Å²) in [5.41, 5.74) is 4.74. The Balaban J connectivity index is 1.49. The number of fused-ring (bicyclic) bond motifs is 3. The zero-order chi connectivity index (χ0) is 26.1. The van der Waals surface area contributed by atoms with Crippen LogP contribution >= 0.6 is 11.3 Å². The number of benzene rings is 2. The van der Waals surface area contributed by atoms with Crippen LogP contribution in [0.15, 0.2) is 53.5 Å². The zero-order valence-electron chi connectivity index (χ0n) is 20.4. The van der Waals surface area contributed by atoms with Crippen LogP contribution in [-0.2, 0) is 17.8 Å². The van der Waals surface area contributed by atoms with Crippen LogP contribution in [0.3, 0.4) is 0 Å². The van der Waals surface area contributed by atoms with E-state index in [1.807, 2.05) is 48.7 Å². The Morgan fingerprint density at radius 1 is 1.14 bits per heavy atom. The molecule has 0 unspecified atom stereocenters. The number of aryl methyl sites for hydroxylation is 1. The third-order valence-corrected chi connectivity index (χ3v) is 7.71. The van der Waals surface area contributed by atoms with Crippen molar-refractivity contribution in [2.75, 3.05) is 11.9 Å². The van der Waals surface area contributed by atoms with Crippen LogP contribution in [0.4, 0.5) is 10.1 Å². The first kappa shape index (κ1) is 24.8. The molecule has 0 aliphatic carbocycles. The fourth-order valence-corrected chi connectivity index (χ4v) is 5.79. The van der Waals surface area contributed by atoms with E-state index in [1.165, 1.54) is 17.4 Å². The molecule has 1 aliphatic heterocycles. The lowest BCUT2D eigenvalue weighted by Crippen LogP contribution is -2.11. The Kier molecular flexibility index (Phi) is 6.86. The molecule has 2 aromatic carbocycles. The molecule has 0 radical (unpaired) electrons. The molecule has 190 valence electrons. The maximum Gasteiger partial charge on any atom is 0.306 e. The van der Waals surface area contributed by atoms with Gasteiger partial charge in [-0.15, -0.1) is 21.5 Å². The number of aliphatic imine (C=N–C) groups is 1. The van der Waals surface area contributed by atoms with E-state index < -0.39 is 12.0 Å². The van der Waals surface area contributed by atoms with Crippen molar-refractivity contribution < 1.29 is 19.4 Å². The molecule has 0 amide bonds. The minimum atomic E-state index is -0.979. The number of rotatable bonds is 8. The lowest BCUT2D eigenvalue weighted by atomic mass is 9.99. The monoisotopic (exact) mass is 519 g/mol. The normalized spacial score (nSPS) is 14.5. The van der Waals surface area contributed by atoms with Crippen molar-refractivity contribution in [1.82, 2.24) is 14.8 Å². The van der Waals surface area contributed by atoms with Crippen molar-refractivity contribution in [2.24, 2.45) is 4.99 Å². The van der Waals surface area contributed by atoms with Gasteiger partial charge in [0.15, 0.2) is 5.82 Å². The van der Waals surface area contributed by atoms with E-state index >= 15 is 0 Å². The number of nitrogens with one attached hydrogen (secondary N) is 1. The van der Waals surface area contributed by atoms with Crippen molar-refractivity contribution >= 4 is 28.7 Å². The lowest BCUT2D eigenvalue weighted by Gasteiger charge is -2.12. The third kappa shape index (κ3) is 4.77. The second kappa shape index (κ2) is 10.2. The Bertz CT molecular complexity index is 1490. The van der Waals surface area contributed by atoms with Crippen LogP contribution in [0.2, 0.25) is 0 Å². The summed E-state index contributed by atoms with van der Waals surface area (Å²) in [5.74, 6) is -0.0965. The molecule has 3 heterocycles. The largest absolute Gasteiger partial charge is 0.481 e. The van der Waals surface area contributed by atoms with E-state index in [0.717, 1.165) is 32.3 Å². The molecular formula is C27H26FN5O3S. The van der Waals surface area contributed by atoms with Crippen LogP contribution in [0.5, 0.6) is 0 Å². The first-order chi connectivity index (χ1) is 17.9. The predicted octanol–water partition coefficient (Wildman–Crippen LogP) is 4.60. The molecule has 0 spiro atoms. The van der Waals surface area contributed by atoms with Crippen molar-refractivity contribution in [3.63, 3.8) is 0 Å². The second-order valence-electron chi connectivity index (χ2n) is 8.87. The van der Waals surface area contributed by atoms with Crippen molar-refractivity contribution in [2.45, 2.75) is 39.3 Å². The Hall–Kier alpha value is -3.89. The van der Waals surface area contributed by atoms with Crippen LogP contribution < -0.4 is 5.32 Å². The highest BCUT2D eigenvalue weighted by atomic mass is 32.1. The number of aliphatic hydroxyl groups excluding tert-OH is 1. The van der Waals surface area contributed by atoms with Gasteiger partial charge in [-0.05, 0) is 49.6 Å². The summed E-state index contributed by atoms with van der Waals surface area (Å²) >= 11 is 1.43. The number of aromatic nitrogens is 3. The van der Waals surface area contributed by atoms with Crippen LogP contribution in [0, 0.1) is 19.7 Å². The van der Waals surface area contributed by atoms with Gasteiger partial charge in [-0.2, -0.15) is 0 Å². The number of carboxylic acid groups (broad SMARTS) is 1. The number of aliphatic hydroxyl groups is 1. The molecule has 0 saturated carbocycles. The van der Waals surface area contributed by atoms with Gasteiger partial charge in [0.2, 0.25) is 0 Å². The molecule has 0 fully saturated rings. The number of halogens is 1. The molecule has 2 aromatic heterocycles. The van der Waals surface area contributed by atoms with Gasteiger partial charge in [-0.25, -0.2) is 4.39 Å². The Morgan fingerprint density at radius 3 is 2.59 bits per heavy atom. The fourth-order valence-electron chi connectivity index (χ4n) is 4.56. The number of carboxylic acids is 1. The summed E-state index contributed by atoms with van der Waals surface area (Å²) < 4.78 is 15.8. The molecule has 8 nitrogen and oxygen atoms in total. The summed E-state index contributed by atoms with van der Waals surface area (Å²) in [7, 11) is 0.